The van der Waals surface area contributed by atoms with Crippen molar-refractivity contribution < 1.29 is 0 Å². The number of rotatable bonds is 3. The Hall–Kier alpha value is -0.430. The Morgan fingerprint density at radius 3 is 2.40 bits per heavy atom. The summed E-state index contributed by atoms with van der Waals surface area (Å²) < 4.78 is 0. The normalized spacial score (nSPS) is 17.9. The summed E-state index contributed by atoms with van der Waals surface area (Å²) in [7, 11) is 0. The van der Waals surface area contributed by atoms with Crippen molar-refractivity contribution in [1.29, 1.82) is 0 Å². The van der Waals surface area contributed by atoms with Crippen LogP contribution in [0, 0.1) is 12.8 Å². The summed E-state index contributed by atoms with van der Waals surface area (Å²) in [6.07, 6.45) is 7.29. The third-order valence-corrected chi connectivity index (χ3v) is 4.48. The van der Waals surface area contributed by atoms with E-state index in [1.165, 1.54) is 48.3 Å². The van der Waals surface area contributed by atoms with Crippen LogP contribution in [0.2, 0.25) is 0 Å². The van der Waals surface area contributed by atoms with E-state index in [0.29, 0.717) is 0 Å². The molecule has 0 unspecified atom stereocenters. The van der Waals surface area contributed by atoms with Crippen molar-refractivity contribution in [3.05, 3.63) is 29.8 Å². The summed E-state index contributed by atoms with van der Waals surface area (Å²) in [6, 6.07) is 8.93. The van der Waals surface area contributed by atoms with Crippen LogP contribution in [0.3, 0.4) is 0 Å². The van der Waals surface area contributed by atoms with Gasteiger partial charge in [-0.05, 0) is 37.8 Å². The Balaban J connectivity index is 1.79. The Morgan fingerprint density at radius 2 is 1.73 bits per heavy atom. The quantitative estimate of drug-likeness (QED) is 0.667. The molecule has 0 atom stereocenters. The molecule has 0 aromatic heterocycles. The lowest BCUT2D eigenvalue weighted by Crippen LogP contribution is -2.08. The molecule has 0 aliphatic heterocycles. The fourth-order valence-corrected chi connectivity index (χ4v) is 3.29. The van der Waals surface area contributed by atoms with E-state index in [0.717, 1.165) is 5.92 Å². The molecule has 15 heavy (non-hydrogen) atoms. The molecule has 0 saturated heterocycles. The standard InChI is InChI=1S/C14H20S/c1-12-7-9-14(10-8-12)15-11-13-5-3-2-4-6-13/h7-10,13H,2-6,11H2,1H3. The highest BCUT2D eigenvalue weighted by molar-refractivity contribution is 7.99. The van der Waals surface area contributed by atoms with Crippen LogP contribution in [-0.2, 0) is 0 Å². The topological polar surface area (TPSA) is 0 Å². The Morgan fingerprint density at radius 1 is 1.07 bits per heavy atom. The Labute approximate surface area is 97.5 Å². The molecule has 1 aliphatic carbocycles. The van der Waals surface area contributed by atoms with Crippen LogP contribution in [0.4, 0.5) is 0 Å². The van der Waals surface area contributed by atoms with Gasteiger partial charge in [-0.2, -0.15) is 0 Å². The van der Waals surface area contributed by atoms with Crippen LogP contribution in [0.5, 0.6) is 0 Å². The molecule has 1 aliphatic rings. The van der Waals surface area contributed by atoms with E-state index in [4.69, 9.17) is 0 Å². The molecular formula is C14H20S. The molecule has 0 radical (unpaired) electrons. The largest absolute Gasteiger partial charge is 0.126 e. The van der Waals surface area contributed by atoms with E-state index in [-0.39, 0.29) is 0 Å². The predicted octanol–water partition coefficient (Wildman–Crippen LogP) is 4.67. The monoisotopic (exact) mass is 220 g/mol. The first-order valence-electron chi connectivity index (χ1n) is 6.04. The molecule has 1 aromatic carbocycles. The van der Waals surface area contributed by atoms with Crippen molar-refractivity contribution in [3.63, 3.8) is 0 Å². The predicted molar refractivity (Wildman–Crippen MR) is 68.5 cm³/mol. The van der Waals surface area contributed by atoms with Gasteiger partial charge in [0.25, 0.3) is 0 Å². The van der Waals surface area contributed by atoms with E-state index < -0.39 is 0 Å². The summed E-state index contributed by atoms with van der Waals surface area (Å²) in [5, 5.41) is 0. The first kappa shape index (κ1) is 11.1. The molecule has 1 fully saturated rings. The van der Waals surface area contributed by atoms with Crippen molar-refractivity contribution >= 4 is 11.8 Å². The molecule has 0 N–H and O–H groups in total. The van der Waals surface area contributed by atoms with Crippen LogP contribution >= 0.6 is 11.8 Å². The van der Waals surface area contributed by atoms with Crippen LogP contribution in [0.1, 0.15) is 37.7 Å². The molecule has 1 aromatic rings. The Kier molecular flexibility index (Phi) is 4.13. The minimum atomic E-state index is 0.977. The van der Waals surface area contributed by atoms with Crippen molar-refractivity contribution in [2.24, 2.45) is 5.92 Å². The van der Waals surface area contributed by atoms with Crippen molar-refractivity contribution in [2.45, 2.75) is 43.9 Å². The lowest BCUT2D eigenvalue weighted by molar-refractivity contribution is 0.391. The van der Waals surface area contributed by atoms with E-state index in [1.54, 1.807) is 0 Å². The molecule has 1 heteroatoms. The Bertz CT molecular complexity index is 283. The van der Waals surface area contributed by atoms with Gasteiger partial charge in [-0.1, -0.05) is 37.0 Å². The summed E-state index contributed by atoms with van der Waals surface area (Å²) in [5.41, 5.74) is 1.36. The van der Waals surface area contributed by atoms with Gasteiger partial charge in [0, 0.05) is 10.6 Å². The zero-order valence-electron chi connectivity index (χ0n) is 9.54. The zero-order valence-corrected chi connectivity index (χ0v) is 10.4. The van der Waals surface area contributed by atoms with Crippen LogP contribution in [-0.4, -0.2) is 5.75 Å². The molecular weight excluding hydrogens is 200 g/mol. The van der Waals surface area contributed by atoms with Gasteiger partial charge in [0.2, 0.25) is 0 Å². The van der Waals surface area contributed by atoms with E-state index in [2.05, 4.69) is 31.2 Å². The smallest absolute Gasteiger partial charge is 0.00722 e. The first-order chi connectivity index (χ1) is 7.34. The van der Waals surface area contributed by atoms with Gasteiger partial charge in [-0.3, -0.25) is 0 Å². The molecule has 0 heterocycles. The number of hydrogen-bond donors (Lipinski definition) is 0. The number of aryl methyl sites for hydroxylation is 1. The maximum absolute atomic E-state index is 2.25. The highest BCUT2D eigenvalue weighted by Crippen LogP contribution is 2.29. The van der Waals surface area contributed by atoms with Gasteiger partial charge in [0.15, 0.2) is 0 Å². The van der Waals surface area contributed by atoms with Gasteiger partial charge in [-0.25, -0.2) is 0 Å². The highest BCUT2D eigenvalue weighted by Gasteiger charge is 2.13. The van der Waals surface area contributed by atoms with E-state index >= 15 is 0 Å². The highest BCUT2D eigenvalue weighted by atomic mass is 32.2. The van der Waals surface area contributed by atoms with Gasteiger partial charge >= 0.3 is 0 Å². The van der Waals surface area contributed by atoms with E-state index in [9.17, 15) is 0 Å². The average molecular weight is 220 g/mol. The molecule has 0 spiro atoms. The molecule has 0 bridgehead atoms. The third-order valence-electron chi connectivity index (χ3n) is 3.23. The van der Waals surface area contributed by atoms with Crippen molar-refractivity contribution in [2.75, 3.05) is 5.75 Å². The first-order valence-corrected chi connectivity index (χ1v) is 7.02. The summed E-state index contributed by atoms with van der Waals surface area (Å²) in [6.45, 7) is 2.15. The summed E-state index contributed by atoms with van der Waals surface area (Å²) in [4.78, 5) is 1.44. The van der Waals surface area contributed by atoms with Crippen molar-refractivity contribution in [1.82, 2.24) is 0 Å². The number of thioether (sulfide) groups is 1. The SMILES string of the molecule is Cc1ccc(SCC2CCCCC2)cc1. The van der Waals surface area contributed by atoms with Gasteiger partial charge in [0.05, 0.1) is 0 Å². The third kappa shape index (κ3) is 3.57. The second-order valence-electron chi connectivity index (χ2n) is 4.63. The lowest BCUT2D eigenvalue weighted by atomic mass is 9.91. The summed E-state index contributed by atoms with van der Waals surface area (Å²) >= 11 is 2.04. The van der Waals surface area contributed by atoms with Gasteiger partial charge in [0.1, 0.15) is 0 Å². The second kappa shape index (κ2) is 5.60. The minimum absolute atomic E-state index is 0.977. The molecule has 0 amide bonds. The molecule has 1 saturated carbocycles. The van der Waals surface area contributed by atoms with Crippen LogP contribution in [0.15, 0.2) is 29.2 Å². The molecule has 2 rings (SSSR count). The van der Waals surface area contributed by atoms with Crippen LogP contribution in [0.25, 0.3) is 0 Å². The van der Waals surface area contributed by atoms with Crippen LogP contribution < -0.4 is 0 Å². The fourth-order valence-electron chi connectivity index (χ4n) is 2.20. The lowest BCUT2D eigenvalue weighted by Gasteiger charge is -2.20. The average Bonchev–Trinajstić information content (AvgIpc) is 2.30. The second-order valence-corrected chi connectivity index (χ2v) is 5.72. The van der Waals surface area contributed by atoms with Gasteiger partial charge < -0.3 is 0 Å². The van der Waals surface area contributed by atoms with E-state index in [1.807, 2.05) is 11.8 Å². The maximum Gasteiger partial charge on any atom is 0.00722 e. The fraction of sp³-hybridized carbons (Fsp3) is 0.571. The molecule has 82 valence electrons. The molecule has 0 nitrogen and oxygen atoms in total. The van der Waals surface area contributed by atoms with Crippen molar-refractivity contribution in [3.8, 4) is 0 Å². The summed E-state index contributed by atoms with van der Waals surface area (Å²) in [5.74, 6) is 2.30. The van der Waals surface area contributed by atoms with Gasteiger partial charge in [-0.15, -0.1) is 11.8 Å². The number of benzene rings is 1. The number of hydrogen-bond acceptors (Lipinski definition) is 1. The minimum Gasteiger partial charge on any atom is -0.126 e. The maximum atomic E-state index is 2.25. The zero-order chi connectivity index (χ0) is 10.5.